The Balaban J connectivity index is 2.95. The van der Waals surface area contributed by atoms with Crippen molar-refractivity contribution in [2.24, 2.45) is 0 Å². The van der Waals surface area contributed by atoms with Crippen LogP contribution in [0.4, 0.5) is 4.79 Å². The lowest BCUT2D eigenvalue weighted by Crippen LogP contribution is -2.57. The molecule has 0 aromatic carbocycles. The lowest BCUT2D eigenvalue weighted by Gasteiger charge is -2.39. The van der Waals surface area contributed by atoms with E-state index >= 15 is 0 Å². The van der Waals surface area contributed by atoms with E-state index in [2.05, 4.69) is 6.92 Å². The normalized spacial score (nSPS) is 23.1. The van der Waals surface area contributed by atoms with Gasteiger partial charge in [-0.15, -0.1) is 0 Å². The van der Waals surface area contributed by atoms with Crippen molar-refractivity contribution in [3.63, 3.8) is 0 Å². The van der Waals surface area contributed by atoms with Gasteiger partial charge in [-0.05, 0) is 31.9 Å². The summed E-state index contributed by atoms with van der Waals surface area (Å²) in [5.74, 6) is 0.0157. The summed E-state index contributed by atoms with van der Waals surface area (Å²) < 4.78 is 0. The molecule has 0 aromatic rings. The summed E-state index contributed by atoms with van der Waals surface area (Å²) in [6.45, 7) is 4.58. The predicted octanol–water partition coefficient (Wildman–Crippen LogP) is 2.90. The van der Waals surface area contributed by atoms with Crippen LogP contribution in [0.3, 0.4) is 0 Å². The first-order valence-electron chi connectivity index (χ1n) is 7.71. The number of likely N-dealkylation sites (tertiary alicyclic amines) is 1. The number of carboxylic acids is 1. The molecule has 0 aliphatic carbocycles. The number of nitrogens with zero attached hydrogens (tertiary/aromatic N) is 2. The average molecular weight is 316 g/mol. The van der Waals surface area contributed by atoms with Crippen LogP contribution in [0, 0.1) is 0 Å². The summed E-state index contributed by atoms with van der Waals surface area (Å²) in [5.41, 5.74) is -1.00. The SMILES string of the molecule is CCCC1(C(=O)O)CCCN1C(=O)N(C)C(CC)CSC. The second kappa shape index (κ2) is 7.92. The smallest absolute Gasteiger partial charge is 0.329 e. The summed E-state index contributed by atoms with van der Waals surface area (Å²) in [6.07, 6.45) is 5.53. The third-order valence-corrected chi connectivity index (χ3v) is 5.18. The molecule has 0 bridgehead atoms. The molecular weight excluding hydrogens is 288 g/mol. The van der Waals surface area contributed by atoms with Crippen LogP contribution in [-0.4, -0.2) is 64.1 Å². The molecule has 1 heterocycles. The fourth-order valence-corrected chi connectivity index (χ4v) is 4.05. The molecule has 0 spiro atoms. The topological polar surface area (TPSA) is 60.9 Å². The van der Waals surface area contributed by atoms with Crippen LogP contribution in [0.5, 0.6) is 0 Å². The van der Waals surface area contributed by atoms with Crippen LogP contribution in [0.2, 0.25) is 0 Å². The molecule has 0 saturated carbocycles. The summed E-state index contributed by atoms with van der Waals surface area (Å²) in [6, 6.07) is 0.0190. The van der Waals surface area contributed by atoms with Gasteiger partial charge < -0.3 is 14.9 Å². The van der Waals surface area contributed by atoms with Crippen LogP contribution in [0.15, 0.2) is 0 Å². The Labute approximate surface area is 132 Å². The van der Waals surface area contributed by atoms with E-state index in [9.17, 15) is 14.7 Å². The zero-order valence-electron chi connectivity index (χ0n) is 13.6. The fourth-order valence-electron chi connectivity index (χ4n) is 3.20. The minimum Gasteiger partial charge on any atom is -0.479 e. The lowest BCUT2D eigenvalue weighted by molar-refractivity contribution is -0.148. The maximum atomic E-state index is 12.8. The largest absolute Gasteiger partial charge is 0.479 e. The van der Waals surface area contributed by atoms with Crippen LogP contribution in [-0.2, 0) is 4.79 Å². The summed E-state index contributed by atoms with van der Waals surface area (Å²) >= 11 is 1.71. The van der Waals surface area contributed by atoms with Gasteiger partial charge in [0.05, 0.1) is 0 Å². The number of urea groups is 1. The van der Waals surface area contributed by atoms with E-state index < -0.39 is 11.5 Å². The molecule has 1 fully saturated rings. The predicted molar refractivity (Wildman–Crippen MR) is 86.8 cm³/mol. The van der Waals surface area contributed by atoms with Crippen molar-refractivity contribution < 1.29 is 14.7 Å². The Bertz CT molecular complexity index is 378. The maximum absolute atomic E-state index is 12.8. The van der Waals surface area contributed by atoms with Crippen molar-refractivity contribution in [2.75, 3.05) is 25.6 Å². The van der Waals surface area contributed by atoms with E-state index in [-0.39, 0.29) is 12.1 Å². The van der Waals surface area contributed by atoms with Gasteiger partial charge in [-0.1, -0.05) is 20.3 Å². The first kappa shape index (κ1) is 18.1. The van der Waals surface area contributed by atoms with Crippen LogP contribution < -0.4 is 0 Å². The number of carbonyl (C=O) groups excluding carboxylic acids is 1. The number of thioether (sulfide) groups is 1. The molecule has 1 N–H and O–H groups in total. The highest BCUT2D eigenvalue weighted by molar-refractivity contribution is 7.98. The second-order valence-corrected chi connectivity index (χ2v) is 6.66. The van der Waals surface area contributed by atoms with Crippen molar-refractivity contribution in [2.45, 2.75) is 57.5 Å². The standard InChI is InChI=1S/C15H28N2O3S/c1-5-8-15(13(18)19)9-7-10-17(15)14(20)16(3)12(6-2)11-21-4/h12H,5-11H2,1-4H3,(H,18,19). The fraction of sp³-hybridized carbons (Fsp3) is 0.867. The van der Waals surface area contributed by atoms with Gasteiger partial charge in [0.15, 0.2) is 0 Å². The number of hydrogen-bond acceptors (Lipinski definition) is 3. The number of aliphatic carboxylic acids is 1. The monoisotopic (exact) mass is 316 g/mol. The zero-order valence-corrected chi connectivity index (χ0v) is 14.4. The van der Waals surface area contributed by atoms with E-state index in [0.717, 1.165) is 25.0 Å². The number of hydrogen-bond donors (Lipinski definition) is 1. The Morgan fingerprint density at radius 1 is 1.43 bits per heavy atom. The van der Waals surface area contributed by atoms with Gasteiger partial charge in [0.1, 0.15) is 5.54 Å². The van der Waals surface area contributed by atoms with Gasteiger partial charge in [0, 0.05) is 25.4 Å². The Morgan fingerprint density at radius 2 is 2.10 bits per heavy atom. The minimum atomic E-state index is -1.00. The number of amides is 2. The van der Waals surface area contributed by atoms with Gasteiger partial charge in [0.25, 0.3) is 0 Å². The molecule has 2 unspecified atom stereocenters. The van der Waals surface area contributed by atoms with Crippen molar-refractivity contribution in [1.29, 1.82) is 0 Å². The van der Waals surface area contributed by atoms with Crippen LogP contribution in [0.25, 0.3) is 0 Å². The number of rotatable bonds is 7. The highest BCUT2D eigenvalue weighted by atomic mass is 32.2. The van der Waals surface area contributed by atoms with E-state index in [4.69, 9.17) is 0 Å². The molecule has 1 aliphatic heterocycles. The second-order valence-electron chi connectivity index (χ2n) is 5.75. The third kappa shape index (κ3) is 3.65. The van der Waals surface area contributed by atoms with Crippen molar-refractivity contribution in [3.8, 4) is 0 Å². The molecule has 1 aliphatic rings. The molecule has 2 atom stereocenters. The molecule has 1 rings (SSSR count). The van der Waals surface area contributed by atoms with E-state index in [1.165, 1.54) is 0 Å². The van der Waals surface area contributed by atoms with Gasteiger partial charge >= 0.3 is 12.0 Å². The quantitative estimate of drug-likeness (QED) is 0.784. The van der Waals surface area contributed by atoms with E-state index in [1.54, 1.807) is 28.6 Å². The molecule has 122 valence electrons. The summed E-state index contributed by atoms with van der Waals surface area (Å²) in [5, 5.41) is 9.68. The van der Waals surface area contributed by atoms with Gasteiger partial charge in [-0.3, -0.25) is 0 Å². The highest BCUT2D eigenvalue weighted by Gasteiger charge is 2.50. The third-order valence-electron chi connectivity index (χ3n) is 4.46. The average Bonchev–Trinajstić information content (AvgIpc) is 2.88. The number of carbonyl (C=O) groups is 2. The van der Waals surface area contributed by atoms with Crippen LogP contribution >= 0.6 is 11.8 Å². The molecule has 21 heavy (non-hydrogen) atoms. The first-order chi connectivity index (χ1) is 9.94. The van der Waals surface area contributed by atoms with Gasteiger partial charge in [-0.2, -0.15) is 11.8 Å². The molecule has 0 aromatic heterocycles. The lowest BCUT2D eigenvalue weighted by atomic mass is 9.91. The molecule has 1 saturated heterocycles. The molecule has 2 amide bonds. The van der Waals surface area contributed by atoms with E-state index in [0.29, 0.717) is 19.4 Å². The molecule has 6 heteroatoms. The van der Waals surface area contributed by atoms with Crippen LogP contribution in [0.1, 0.15) is 46.0 Å². The molecule has 0 radical (unpaired) electrons. The Kier molecular flexibility index (Phi) is 6.84. The Morgan fingerprint density at radius 3 is 2.57 bits per heavy atom. The summed E-state index contributed by atoms with van der Waals surface area (Å²) in [4.78, 5) is 27.9. The van der Waals surface area contributed by atoms with E-state index in [1.807, 2.05) is 13.2 Å². The Hall–Kier alpha value is -0.910. The van der Waals surface area contributed by atoms with Gasteiger partial charge in [-0.25, -0.2) is 9.59 Å². The molecule has 5 nitrogen and oxygen atoms in total. The summed E-state index contributed by atoms with van der Waals surface area (Å²) in [7, 11) is 1.80. The zero-order chi connectivity index (χ0) is 16.0. The molecular formula is C15H28N2O3S. The van der Waals surface area contributed by atoms with Gasteiger partial charge in [0.2, 0.25) is 0 Å². The highest BCUT2D eigenvalue weighted by Crippen LogP contribution is 2.35. The minimum absolute atomic E-state index is 0.135. The first-order valence-corrected chi connectivity index (χ1v) is 9.10. The number of carboxylic acid groups (broad SMARTS) is 1. The van der Waals surface area contributed by atoms with Crippen molar-refractivity contribution in [3.05, 3.63) is 0 Å². The van der Waals surface area contributed by atoms with Crippen molar-refractivity contribution in [1.82, 2.24) is 9.80 Å². The maximum Gasteiger partial charge on any atom is 0.329 e. The van der Waals surface area contributed by atoms with Crippen molar-refractivity contribution >= 4 is 23.8 Å².